The van der Waals surface area contributed by atoms with Crippen LogP contribution in [0.4, 0.5) is 5.82 Å². The molecule has 0 spiro atoms. The minimum absolute atomic E-state index is 0.303. The molecule has 84 valence electrons. The van der Waals surface area contributed by atoms with E-state index in [1.807, 2.05) is 13.8 Å². The van der Waals surface area contributed by atoms with Gasteiger partial charge in [-0.15, -0.1) is 0 Å². The van der Waals surface area contributed by atoms with Crippen molar-refractivity contribution in [2.75, 3.05) is 5.73 Å². The zero-order chi connectivity index (χ0) is 11.7. The maximum absolute atomic E-state index is 11.7. The lowest BCUT2D eigenvalue weighted by atomic mass is 10.2. The number of nitrogens with zero attached hydrogens (tertiary/aromatic N) is 3. The molecule has 0 amide bonds. The van der Waals surface area contributed by atoms with E-state index in [0.29, 0.717) is 17.9 Å². The van der Waals surface area contributed by atoms with Crippen LogP contribution in [0.15, 0.2) is 17.1 Å². The predicted octanol–water partition coefficient (Wildman–Crippen LogP) is 1.09. The molecular weight excluding hydrogens is 204 g/mol. The van der Waals surface area contributed by atoms with Crippen molar-refractivity contribution in [3.05, 3.63) is 28.4 Å². The van der Waals surface area contributed by atoms with Gasteiger partial charge in [-0.3, -0.25) is 9.55 Å². The largest absolute Gasteiger partial charge is 0.384 e. The second-order valence-electron chi connectivity index (χ2n) is 3.72. The zero-order valence-corrected chi connectivity index (χ0v) is 9.40. The normalized spacial score (nSPS) is 10.9. The van der Waals surface area contributed by atoms with Gasteiger partial charge in [-0.05, 0) is 19.4 Å². The van der Waals surface area contributed by atoms with Gasteiger partial charge in [0, 0.05) is 18.1 Å². The molecule has 2 rings (SSSR count). The highest BCUT2D eigenvalue weighted by atomic mass is 16.1. The van der Waals surface area contributed by atoms with Crippen LogP contribution in [0, 0.1) is 6.92 Å². The van der Waals surface area contributed by atoms with Crippen LogP contribution < -0.4 is 11.4 Å². The Labute approximate surface area is 92.9 Å². The molecule has 2 N–H and O–H groups in total. The van der Waals surface area contributed by atoms with Gasteiger partial charge in [0.1, 0.15) is 11.3 Å². The molecule has 0 bridgehead atoms. The Kier molecular flexibility index (Phi) is 2.60. The molecule has 0 aliphatic rings. The van der Waals surface area contributed by atoms with E-state index in [4.69, 9.17) is 5.73 Å². The molecule has 0 atom stereocenters. The number of nitrogen functional groups attached to an aromatic ring is 1. The Morgan fingerprint density at radius 1 is 1.50 bits per heavy atom. The monoisotopic (exact) mass is 218 g/mol. The first-order valence-corrected chi connectivity index (χ1v) is 5.26. The van der Waals surface area contributed by atoms with Crippen LogP contribution in [0.25, 0.3) is 10.9 Å². The van der Waals surface area contributed by atoms with E-state index < -0.39 is 0 Å². The minimum Gasteiger partial charge on any atom is -0.384 e. The van der Waals surface area contributed by atoms with E-state index in [2.05, 4.69) is 9.97 Å². The van der Waals surface area contributed by atoms with Crippen molar-refractivity contribution in [3.63, 3.8) is 0 Å². The lowest BCUT2D eigenvalue weighted by Crippen LogP contribution is -2.26. The fourth-order valence-corrected chi connectivity index (χ4v) is 1.75. The Balaban J connectivity index is 2.84. The smallest absolute Gasteiger partial charge is 0.349 e. The second kappa shape index (κ2) is 3.92. The summed E-state index contributed by atoms with van der Waals surface area (Å²) < 4.78 is 1.50. The topological polar surface area (TPSA) is 73.8 Å². The van der Waals surface area contributed by atoms with Gasteiger partial charge in [0.15, 0.2) is 0 Å². The van der Waals surface area contributed by atoms with Gasteiger partial charge in [0.05, 0.1) is 5.69 Å². The van der Waals surface area contributed by atoms with Crippen LogP contribution >= 0.6 is 0 Å². The molecule has 0 radical (unpaired) electrons. The predicted molar refractivity (Wildman–Crippen MR) is 63.2 cm³/mol. The van der Waals surface area contributed by atoms with Crippen molar-refractivity contribution in [3.8, 4) is 0 Å². The maximum Gasteiger partial charge on any atom is 0.349 e. The molecule has 0 aliphatic heterocycles. The van der Waals surface area contributed by atoms with Crippen molar-refractivity contribution in [1.82, 2.24) is 14.5 Å². The lowest BCUT2D eigenvalue weighted by molar-refractivity contribution is 0.650. The van der Waals surface area contributed by atoms with E-state index in [1.54, 1.807) is 12.3 Å². The Bertz CT molecular complexity index is 588. The third-order valence-electron chi connectivity index (χ3n) is 2.56. The average Bonchev–Trinajstić information content (AvgIpc) is 2.26. The third-order valence-corrected chi connectivity index (χ3v) is 2.56. The number of hydrogen-bond acceptors (Lipinski definition) is 4. The fraction of sp³-hybridized carbons (Fsp3) is 0.364. The second-order valence-corrected chi connectivity index (χ2v) is 3.72. The van der Waals surface area contributed by atoms with Crippen molar-refractivity contribution < 1.29 is 0 Å². The molecule has 2 aromatic rings. The first-order valence-electron chi connectivity index (χ1n) is 5.26. The molecule has 0 unspecified atom stereocenters. The number of aryl methyl sites for hydroxylation is 1. The van der Waals surface area contributed by atoms with Crippen LogP contribution in [0.5, 0.6) is 0 Å². The van der Waals surface area contributed by atoms with Gasteiger partial charge in [-0.2, -0.15) is 4.98 Å². The number of pyridine rings is 1. The van der Waals surface area contributed by atoms with Crippen LogP contribution in [0.2, 0.25) is 0 Å². The summed E-state index contributed by atoms with van der Waals surface area (Å²) in [5, 5.41) is 0.792. The Morgan fingerprint density at radius 3 is 2.94 bits per heavy atom. The summed E-state index contributed by atoms with van der Waals surface area (Å²) >= 11 is 0. The highest BCUT2D eigenvalue weighted by molar-refractivity contribution is 5.89. The van der Waals surface area contributed by atoms with Gasteiger partial charge < -0.3 is 5.73 Å². The number of anilines is 1. The minimum atomic E-state index is -0.303. The van der Waals surface area contributed by atoms with E-state index >= 15 is 0 Å². The number of aromatic nitrogens is 3. The first kappa shape index (κ1) is 10.6. The molecule has 2 aromatic heterocycles. The summed E-state index contributed by atoms with van der Waals surface area (Å²) in [4.78, 5) is 19.9. The molecule has 5 nitrogen and oxygen atoms in total. The molecule has 0 saturated heterocycles. The Morgan fingerprint density at radius 2 is 2.25 bits per heavy atom. The van der Waals surface area contributed by atoms with Crippen LogP contribution in [-0.4, -0.2) is 14.5 Å². The van der Waals surface area contributed by atoms with E-state index in [9.17, 15) is 4.79 Å². The average molecular weight is 218 g/mol. The number of hydrogen-bond donors (Lipinski definition) is 1. The Hall–Kier alpha value is -1.91. The summed E-state index contributed by atoms with van der Waals surface area (Å²) in [6.45, 7) is 4.40. The van der Waals surface area contributed by atoms with Crippen molar-refractivity contribution in [2.45, 2.75) is 26.8 Å². The molecule has 0 saturated carbocycles. The first-order chi connectivity index (χ1) is 7.65. The lowest BCUT2D eigenvalue weighted by Gasteiger charge is -2.10. The van der Waals surface area contributed by atoms with Crippen LogP contribution in [-0.2, 0) is 6.54 Å². The highest BCUT2D eigenvalue weighted by Gasteiger charge is 2.09. The van der Waals surface area contributed by atoms with Crippen LogP contribution in [0.3, 0.4) is 0 Å². The van der Waals surface area contributed by atoms with E-state index in [1.165, 1.54) is 4.57 Å². The molecule has 0 aliphatic carbocycles. The summed E-state index contributed by atoms with van der Waals surface area (Å²) in [6.07, 6.45) is 2.53. The van der Waals surface area contributed by atoms with Crippen molar-refractivity contribution in [2.24, 2.45) is 0 Å². The van der Waals surface area contributed by atoms with Gasteiger partial charge in [-0.1, -0.05) is 6.92 Å². The molecule has 0 aromatic carbocycles. The van der Waals surface area contributed by atoms with Gasteiger partial charge in [-0.25, -0.2) is 4.79 Å². The van der Waals surface area contributed by atoms with Gasteiger partial charge in [0.25, 0.3) is 0 Å². The van der Waals surface area contributed by atoms with Gasteiger partial charge in [0.2, 0.25) is 0 Å². The zero-order valence-electron chi connectivity index (χ0n) is 9.40. The quantitative estimate of drug-likeness (QED) is 0.818. The summed E-state index contributed by atoms with van der Waals surface area (Å²) in [5.74, 6) is 0.474. The highest BCUT2D eigenvalue weighted by Crippen LogP contribution is 2.18. The SMILES string of the molecule is CCCn1c(N)c2ccnc(C)c2nc1=O. The third kappa shape index (κ3) is 1.54. The summed E-state index contributed by atoms with van der Waals surface area (Å²) in [7, 11) is 0. The fourth-order valence-electron chi connectivity index (χ4n) is 1.75. The molecule has 2 heterocycles. The molecule has 0 fully saturated rings. The molecule has 16 heavy (non-hydrogen) atoms. The maximum atomic E-state index is 11.7. The standard InChI is InChI=1S/C11H14N4O/c1-3-6-15-10(12)8-4-5-13-7(2)9(8)14-11(15)16/h4-5H,3,6,12H2,1-2H3. The molecular formula is C11H14N4O. The number of nitrogens with two attached hydrogens (primary N) is 1. The summed E-state index contributed by atoms with van der Waals surface area (Å²) in [6, 6.07) is 1.79. The number of fused-ring (bicyclic) bond motifs is 1. The van der Waals surface area contributed by atoms with Crippen LogP contribution in [0.1, 0.15) is 19.0 Å². The van der Waals surface area contributed by atoms with Crippen molar-refractivity contribution >= 4 is 16.7 Å². The number of rotatable bonds is 2. The van der Waals surface area contributed by atoms with E-state index in [-0.39, 0.29) is 5.69 Å². The van der Waals surface area contributed by atoms with Gasteiger partial charge >= 0.3 is 5.69 Å². The summed E-state index contributed by atoms with van der Waals surface area (Å²) in [5.41, 5.74) is 6.99. The van der Waals surface area contributed by atoms with E-state index in [0.717, 1.165) is 17.5 Å². The van der Waals surface area contributed by atoms with Crippen molar-refractivity contribution in [1.29, 1.82) is 0 Å². The molecule has 5 heteroatoms.